The number of carboxylic acid groups (broad SMARTS) is 1. The van der Waals surface area contributed by atoms with Crippen molar-refractivity contribution in [1.82, 2.24) is 16.0 Å². The zero-order valence-corrected chi connectivity index (χ0v) is 17.9. The summed E-state index contributed by atoms with van der Waals surface area (Å²) in [6, 6.07) is -4.90. The number of aliphatic hydroxyl groups excluding tert-OH is 2. The third kappa shape index (κ3) is 9.43. The monoisotopic (exact) mass is 436 g/mol. The molecule has 0 heterocycles. The topological polar surface area (TPSA) is 191 Å². The van der Waals surface area contributed by atoms with Crippen LogP contribution < -0.4 is 21.7 Å². The number of rotatable bonds is 13. The number of aliphatic carboxylic acids is 1. The van der Waals surface area contributed by atoms with Gasteiger partial charge in [0.15, 0.2) is 0 Å². The molecule has 0 aliphatic carbocycles. The maximum absolute atomic E-state index is 12.6. The van der Waals surface area contributed by atoms with Gasteiger partial charge < -0.3 is 37.0 Å². The van der Waals surface area contributed by atoms with Crippen LogP contribution in [0.2, 0.25) is 0 Å². The largest absolute Gasteiger partial charge is 0.480 e. The van der Waals surface area contributed by atoms with Crippen LogP contribution in [0.4, 0.5) is 0 Å². The van der Waals surface area contributed by atoms with Gasteiger partial charge in [0.25, 0.3) is 0 Å². The predicted molar refractivity (Wildman–Crippen MR) is 108 cm³/mol. The van der Waals surface area contributed by atoms with Crippen LogP contribution in [0, 0.1) is 5.92 Å². The molecule has 11 nitrogen and oxygen atoms in total. The van der Waals surface area contributed by atoms with Crippen molar-refractivity contribution >= 4 is 35.5 Å². The molecule has 12 heteroatoms. The third-order valence-electron chi connectivity index (χ3n) is 4.07. The highest BCUT2D eigenvalue weighted by molar-refractivity contribution is 7.98. The average Bonchev–Trinajstić information content (AvgIpc) is 2.65. The van der Waals surface area contributed by atoms with Gasteiger partial charge in [-0.2, -0.15) is 11.8 Å². The molecular formula is C17H32N4O7S. The Bertz CT molecular complexity index is 574. The number of carboxylic acids is 1. The Labute approximate surface area is 174 Å². The highest BCUT2D eigenvalue weighted by Gasteiger charge is 2.33. The summed E-state index contributed by atoms with van der Waals surface area (Å²) in [6.07, 6.45) is 0.645. The zero-order valence-electron chi connectivity index (χ0n) is 17.0. The lowest BCUT2D eigenvalue weighted by atomic mass is 10.0. The summed E-state index contributed by atoms with van der Waals surface area (Å²) in [5.41, 5.74) is 5.43. The molecule has 29 heavy (non-hydrogen) atoms. The number of nitrogens with two attached hydrogens (primary N) is 1. The van der Waals surface area contributed by atoms with Gasteiger partial charge in [-0.1, -0.05) is 13.8 Å². The quantitative estimate of drug-likeness (QED) is 0.165. The van der Waals surface area contributed by atoms with E-state index in [0.29, 0.717) is 5.75 Å². The molecule has 168 valence electrons. The van der Waals surface area contributed by atoms with Gasteiger partial charge in [0, 0.05) is 0 Å². The minimum Gasteiger partial charge on any atom is -0.480 e. The fourth-order valence-corrected chi connectivity index (χ4v) is 2.75. The standard InChI is InChI=1S/C17H32N4O7S/c1-8(2)12(20-14(24)10(18)7-22)15(25)21-13(9(3)23)16(26)19-11(17(27)28)5-6-29-4/h8-13,22-23H,5-7,18H2,1-4H3,(H,19,26)(H,20,24)(H,21,25)(H,27,28). The number of nitrogens with one attached hydrogen (secondary N) is 3. The average molecular weight is 437 g/mol. The molecule has 0 bridgehead atoms. The second-order valence-corrected chi connectivity index (χ2v) is 7.91. The number of carbonyl (C=O) groups is 4. The Kier molecular flexibility index (Phi) is 12.5. The maximum Gasteiger partial charge on any atom is 0.326 e. The van der Waals surface area contributed by atoms with Crippen molar-refractivity contribution in [3.05, 3.63) is 0 Å². The molecule has 0 aromatic rings. The van der Waals surface area contributed by atoms with Crippen LogP contribution >= 0.6 is 11.8 Å². The number of aliphatic hydroxyl groups is 2. The molecule has 5 unspecified atom stereocenters. The van der Waals surface area contributed by atoms with Crippen LogP contribution in [-0.2, 0) is 19.2 Å². The van der Waals surface area contributed by atoms with Crippen LogP contribution in [0.1, 0.15) is 27.2 Å². The van der Waals surface area contributed by atoms with Gasteiger partial charge in [-0.15, -0.1) is 0 Å². The fourth-order valence-electron chi connectivity index (χ4n) is 2.28. The lowest BCUT2D eigenvalue weighted by Gasteiger charge is -2.28. The molecule has 0 aromatic heterocycles. The van der Waals surface area contributed by atoms with Gasteiger partial charge >= 0.3 is 5.97 Å². The van der Waals surface area contributed by atoms with E-state index in [1.54, 1.807) is 20.1 Å². The molecule has 0 aliphatic rings. The van der Waals surface area contributed by atoms with Gasteiger partial charge in [-0.3, -0.25) is 14.4 Å². The number of amides is 3. The van der Waals surface area contributed by atoms with E-state index in [1.165, 1.54) is 18.7 Å². The number of hydrogen-bond acceptors (Lipinski definition) is 8. The summed E-state index contributed by atoms with van der Waals surface area (Å²) < 4.78 is 0. The van der Waals surface area contributed by atoms with Crippen molar-refractivity contribution < 1.29 is 34.5 Å². The molecule has 3 amide bonds. The maximum atomic E-state index is 12.6. The third-order valence-corrected chi connectivity index (χ3v) is 4.71. The summed E-state index contributed by atoms with van der Waals surface area (Å²) in [7, 11) is 0. The number of thioether (sulfide) groups is 1. The zero-order chi connectivity index (χ0) is 22.7. The van der Waals surface area contributed by atoms with E-state index < -0.39 is 66.5 Å². The van der Waals surface area contributed by atoms with E-state index in [-0.39, 0.29) is 6.42 Å². The van der Waals surface area contributed by atoms with Crippen molar-refractivity contribution in [1.29, 1.82) is 0 Å². The molecule has 5 atom stereocenters. The Morgan fingerprint density at radius 2 is 1.48 bits per heavy atom. The van der Waals surface area contributed by atoms with Crippen LogP contribution in [0.5, 0.6) is 0 Å². The summed E-state index contributed by atoms with van der Waals surface area (Å²) >= 11 is 1.41. The second kappa shape index (κ2) is 13.4. The van der Waals surface area contributed by atoms with Gasteiger partial charge in [0.05, 0.1) is 12.7 Å². The van der Waals surface area contributed by atoms with E-state index in [1.807, 2.05) is 0 Å². The van der Waals surface area contributed by atoms with E-state index in [0.717, 1.165) is 0 Å². The first-order chi connectivity index (χ1) is 13.5. The molecule has 0 aromatic carbocycles. The molecule has 0 radical (unpaired) electrons. The van der Waals surface area contributed by atoms with Gasteiger partial charge in [0.1, 0.15) is 24.2 Å². The molecule has 0 fully saturated rings. The van der Waals surface area contributed by atoms with Crippen molar-refractivity contribution in [3.8, 4) is 0 Å². The Morgan fingerprint density at radius 1 is 0.966 bits per heavy atom. The predicted octanol–water partition coefficient (Wildman–Crippen LogP) is -2.37. The van der Waals surface area contributed by atoms with Crippen LogP contribution in [-0.4, -0.2) is 87.9 Å². The van der Waals surface area contributed by atoms with Gasteiger partial charge in [-0.25, -0.2) is 4.79 Å². The molecule has 0 spiro atoms. The second-order valence-electron chi connectivity index (χ2n) is 6.93. The van der Waals surface area contributed by atoms with E-state index >= 15 is 0 Å². The molecular weight excluding hydrogens is 404 g/mol. The van der Waals surface area contributed by atoms with Crippen LogP contribution in [0.25, 0.3) is 0 Å². The molecule has 0 aliphatic heterocycles. The molecule has 0 saturated heterocycles. The first-order valence-electron chi connectivity index (χ1n) is 9.13. The first kappa shape index (κ1) is 27.1. The highest BCUT2D eigenvalue weighted by atomic mass is 32.2. The van der Waals surface area contributed by atoms with Gasteiger partial charge in [-0.05, 0) is 31.3 Å². The smallest absolute Gasteiger partial charge is 0.326 e. The van der Waals surface area contributed by atoms with Crippen molar-refractivity contribution in [2.75, 3.05) is 18.6 Å². The minimum absolute atomic E-state index is 0.173. The Balaban J connectivity index is 5.27. The Hall–Kier alpha value is -1.89. The SMILES string of the molecule is CSCCC(NC(=O)C(NC(=O)C(NC(=O)C(N)CO)C(C)C)C(C)O)C(=O)O. The van der Waals surface area contributed by atoms with Crippen molar-refractivity contribution in [2.45, 2.75) is 57.5 Å². The number of carbonyl (C=O) groups excluding carboxylic acids is 3. The highest BCUT2D eigenvalue weighted by Crippen LogP contribution is 2.06. The first-order valence-corrected chi connectivity index (χ1v) is 10.5. The summed E-state index contributed by atoms with van der Waals surface area (Å²) in [6.45, 7) is 3.96. The van der Waals surface area contributed by atoms with E-state index in [9.17, 15) is 29.4 Å². The molecule has 8 N–H and O–H groups in total. The van der Waals surface area contributed by atoms with Crippen LogP contribution in [0.15, 0.2) is 0 Å². The van der Waals surface area contributed by atoms with E-state index in [2.05, 4.69) is 16.0 Å². The Morgan fingerprint density at radius 3 is 1.90 bits per heavy atom. The normalized spacial score (nSPS) is 16.3. The molecule has 0 rings (SSSR count). The summed E-state index contributed by atoms with van der Waals surface area (Å²) in [5.74, 6) is -3.49. The summed E-state index contributed by atoms with van der Waals surface area (Å²) in [4.78, 5) is 48.3. The fraction of sp³-hybridized carbons (Fsp3) is 0.765. The van der Waals surface area contributed by atoms with Crippen LogP contribution in [0.3, 0.4) is 0 Å². The van der Waals surface area contributed by atoms with Crippen molar-refractivity contribution in [3.63, 3.8) is 0 Å². The number of hydrogen-bond donors (Lipinski definition) is 7. The lowest BCUT2D eigenvalue weighted by molar-refractivity contribution is -0.143. The van der Waals surface area contributed by atoms with E-state index in [4.69, 9.17) is 10.8 Å². The lowest BCUT2D eigenvalue weighted by Crippen LogP contribution is -2.61. The molecule has 0 saturated carbocycles. The summed E-state index contributed by atoms with van der Waals surface area (Å²) in [5, 5.41) is 35.1. The van der Waals surface area contributed by atoms with Crippen molar-refractivity contribution in [2.24, 2.45) is 11.7 Å². The minimum atomic E-state index is -1.43. The van der Waals surface area contributed by atoms with Gasteiger partial charge in [0.2, 0.25) is 17.7 Å².